The molecule has 0 N–H and O–H groups in total. The van der Waals surface area contributed by atoms with Crippen molar-refractivity contribution in [2.75, 3.05) is 13.2 Å². The number of hydrogen-bond acceptors (Lipinski definition) is 4. The Hall–Kier alpha value is -3.27. The van der Waals surface area contributed by atoms with Crippen LogP contribution in [0.2, 0.25) is 0 Å². The highest BCUT2D eigenvalue weighted by Crippen LogP contribution is 2.28. The smallest absolute Gasteiger partial charge is 0.343 e. The minimum absolute atomic E-state index is 0.0448. The molecule has 0 fully saturated rings. The number of ether oxygens (including phenoxy) is 3. The molecule has 30 heavy (non-hydrogen) atoms. The van der Waals surface area contributed by atoms with Crippen molar-refractivity contribution in [2.45, 2.75) is 33.1 Å². The third kappa shape index (κ3) is 5.86. The molecule has 0 bridgehead atoms. The summed E-state index contributed by atoms with van der Waals surface area (Å²) in [6, 6.07) is 22.5. The average Bonchev–Trinajstić information content (AvgIpc) is 2.73. The van der Waals surface area contributed by atoms with Gasteiger partial charge in [0.1, 0.15) is 30.5 Å². The molecule has 0 heterocycles. The highest BCUT2D eigenvalue weighted by Gasteiger charge is 2.16. The first-order chi connectivity index (χ1) is 14.3. The topological polar surface area (TPSA) is 44.8 Å². The van der Waals surface area contributed by atoms with Crippen molar-refractivity contribution in [1.29, 1.82) is 0 Å². The number of aryl methyl sites for hydroxylation is 1. The van der Waals surface area contributed by atoms with Gasteiger partial charge in [-0.1, -0.05) is 57.2 Å². The Morgan fingerprint density at radius 2 is 1.47 bits per heavy atom. The molecule has 156 valence electrons. The van der Waals surface area contributed by atoms with E-state index in [1.165, 1.54) is 5.56 Å². The Kier molecular flexibility index (Phi) is 6.78. The zero-order chi connectivity index (χ0) is 21.6. The molecular weight excluding hydrogens is 376 g/mol. The van der Waals surface area contributed by atoms with Crippen molar-refractivity contribution in [1.82, 2.24) is 0 Å². The summed E-state index contributed by atoms with van der Waals surface area (Å²) in [5.41, 5.74) is 2.62. The van der Waals surface area contributed by atoms with Crippen LogP contribution in [0.25, 0.3) is 0 Å². The van der Waals surface area contributed by atoms with E-state index < -0.39 is 5.97 Å². The van der Waals surface area contributed by atoms with Gasteiger partial charge in [0.05, 0.1) is 5.56 Å². The molecule has 0 aliphatic carbocycles. The zero-order valence-corrected chi connectivity index (χ0v) is 18.0. The van der Waals surface area contributed by atoms with Crippen molar-refractivity contribution < 1.29 is 19.0 Å². The minimum Gasteiger partial charge on any atom is -0.490 e. The Balaban J connectivity index is 1.58. The van der Waals surface area contributed by atoms with Gasteiger partial charge in [0.15, 0.2) is 0 Å². The molecule has 0 aliphatic heterocycles. The predicted octanol–water partition coefficient (Wildman–Crippen LogP) is 5.97. The molecule has 0 amide bonds. The van der Waals surface area contributed by atoms with Gasteiger partial charge in [-0.2, -0.15) is 0 Å². The quantitative estimate of drug-likeness (QED) is 0.276. The van der Waals surface area contributed by atoms with Crippen LogP contribution in [-0.2, 0) is 5.41 Å². The molecule has 4 heteroatoms. The van der Waals surface area contributed by atoms with Crippen molar-refractivity contribution in [3.05, 3.63) is 89.5 Å². The van der Waals surface area contributed by atoms with Crippen molar-refractivity contribution in [2.24, 2.45) is 0 Å². The van der Waals surface area contributed by atoms with Gasteiger partial charge in [0.2, 0.25) is 0 Å². The Morgan fingerprint density at radius 1 is 0.800 bits per heavy atom. The first-order valence-electron chi connectivity index (χ1n) is 10.1. The summed E-state index contributed by atoms with van der Waals surface area (Å²) < 4.78 is 16.9. The van der Waals surface area contributed by atoms with Crippen LogP contribution in [0.4, 0.5) is 0 Å². The van der Waals surface area contributed by atoms with E-state index >= 15 is 0 Å². The van der Waals surface area contributed by atoms with E-state index in [-0.39, 0.29) is 5.41 Å². The summed E-state index contributed by atoms with van der Waals surface area (Å²) in [6.45, 7) is 9.21. The second kappa shape index (κ2) is 9.49. The SMILES string of the molecule is Cc1cc(C(C)(C)C)ccc1OC(=O)c1cccc(OCCOc2ccccc2)c1. The van der Waals surface area contributed by atoms with Gasteiger partial charge in [-0.3, -0.25) is 0 Å². The standard InChI is InChI=1S/C26H28O4/c1-19-17-21(26(2,3)4)13-14-24(19)30-25(27)20-9-8-12-23(18-20)29-16-15-28-22-10-6-5-7-11-22/h5-14,17-18H,15-16H2,1-4H3. The monoisotopic (exact) mass is 404 g/mol. The number of esters is 1. The second-order valence-corrected chi connectivity index (χ2v) is 8.16. The van der Waals surface area contributed by atoms with Crippen LogP contribution >= 0.6 is 0 Å². The number of benzene rings is 3. The largest absolute Gasteiger partial charge is 0.490 e. The van der Waals surface area contributed by atoms with Crippen LogP contribution in [0.3, 0.4) is 0 Å². The molecule has 0 saturated carbocycles. The van der Waals surface area contributed by atoms with E-state index in [2.05, 4.69) is 26.8 Å². The molecule has 0 unspecified atom stereocenters. The van der Waals surface area contributed by atoms with Gasteiger partial charge in [0, 0.05) is 0 Å². The zero-order valence-electron chi connectivity index (χ0n) is 18.0. The molecule has 3 rings (SSSR count). The third-order valence-electron chi connectivity index (χ3n) is 4.68. The van der Waals surface area contributed by atoms with Crippen molar-refractivity contribution in [3.8, 4) is 17.2 Å². The fourth-order valence-corrected chi connectivity index (χ4v) is 2.94. The summed E-state index contributed by atoms with van der Waals surface area (Å²) >= 11 is 0. The molecule has 0 atom stereocenters. The number of para-hydroxylation sites is 1. The maximum atomic E-state index is 12.6. The van der Waals surface area contributed by atoms with E-state index in [4.69, 9.17) is 14.2 Å². The molecular formula is C26H28O4. The van der Waals surface area contributed by atoms with E-state index in [9.17, 15) is 4.79 Å². The van der Waals surface area contributed by atoms with Gasteiger partial charge in [-0.25, -0.2) is 4.79 Å². The maximum Gasteiger partial charge on any atom is 0.343 e. The summed E-state index contributed by atoms with van der Waals surface area (Å²) in [5, 5.41) is 0. The molecule has 0 radical (unpaired) electrons. The summed E-state index contributed by atoms with van der Waals surface area (Å²) in [4.78, 5) is 12.6. The van der Waals surface area contributed by atoms with Crippen LogP contribution < -0.4 is 14.2 Å². The third-order valence-corrected chi connectivity index (χ3v) is 4.68. The van der Waals surface area contributed by atoms with Crippen LogP contribution in [0, 0.1) is 6.92 Å². The summed E-state index contributed by atoms with van der Waals surface area (Å²) in [5.74, 6) is 1.55. The van der Waals surface area contributed by atoms with Gasteiger partial charge < -0.3 is 14.2 Å². The van der Waals surface area contributed by atoms with Crippen LogP contribution in [-0.4, -0.2) is 19.2 Å². The Bertz CT molecular complexity index is 987. The minimum atomic E-state index is -0.410. The van der Waals surface area contributed by atoms with Gasteiger partial charge >= 0.3 is 5.97 Å². The van der Waals surface area contributed by atoms with E-state index in [1.807, 2.05) is 55.5 Å². The summed E-state index contributed by atoms with van der Waals surface area (Å²) in [7, 11) is 0. The van der Waals surface area contributed by atoms with E-state index in [0.29, 0.717) is 30.3 Å². The normalized spacial score (nSPS) is 11.1. The van der Waals surface area contributed by atoms with Crippen LogP contribution in [0.5, 0.6) is 17.2 Å². The molecule has 0 saturated heterocycles. The number of rotatable bonds is 7. The maximum absolute atomic E-state index is 12.6. The second-order valence-electron chi connectivity index (χ2n) is 8.16. The van der Waals surface area contributed by atoms with Gasteiger partial charge in [0.25, 0.3) is 0 Å². The average molecular weight is 405 g/mol. The first-order valence-corrected chi connectivity index (χ1v) is 10.1. The summed E-state index contributed by atoms with van der Waals surface area (Å²) in [6.07, 6.45) is 0. The lowest BCUT2D eigenvalue weighted by atomic mass is 9.86. The van der Waals surface area contributed by atoms with Crippen molar-refractivity contribution >= 4 is 5.97 Å². The lowest BCUT2D eigenvalue weighted by Crippen LogP contribution is -2.13. The molecule has 0 aliphatic rings. The fraction of sp³-hybridized carbons (Fsp3) is 0.269. The lowest BCUT2D eigenvalue weighted by Gasteiger charge is -2.20. The van der Waals surface area contributed by atoms with E-state index in [1.54, 1.807) is 18.2 Å². The lowest BCUT2D eigenvalue weighted by molar-refractivity contribution is 0.0733. The molecule has 0 aromatic heterocycles. The van der Waals surface area contributed by atoms with Crippen LogP contribution in [0.15, 0.2) is 72.8 Å². The number of carbonyl (C=O) groups excluding carboxylic acids is 1. The molecule has 0 spiro atoms. The van der Waals surface area contributed by atoms with Crippen LogP contribution in [0.1, 0.15) is 42.3 Å². The fourth-order valence-electron chi connectivity index (χ4n) is 2.94. The highest BCUT2D eigenvalue weighted by molar-refractivity contribution is 5.91. The number of hydrogen-bond donors (Lipinski definition) is 0. The highest BCUT2D eigenvalue weighted by atomic mass is 16.5. The predicted molar refractivity (Wildman–Crippen MR) is 119 cm³/mol. The Labute approximate surface area is 178 Å². The molecule has 3 aromatic carbocycles. The van der Waals surface area contributed by atoms with Gasteiger partial charge in [-0.15, -0.1) is 0 Å². The van der Waals surface area contributed by atoms with Gasteiger partial charge in [-0.05, 0) is 59.9 Å². The first kappa shape index (κ1) is 21.4. The number of carbonyl (C=O) groups is 1. The Morgan fingerprint density at radius 3 is 2.13 bits per heavy atom. The van der Waals surface area contributed by atoms with Crippen molar-refractivity contribution in [3.63, 3.8) is 0 Å². The molecule has 4 nitrogen and oxygen atoms in total. The van der Waals surface area contributed by atoms with E-state index in [0.717, 1.165) is 11.3 Å². The molecule has 3 aromatic rings.